The van der Waals surface area contributed by atoms with Gasteiger partial charge in [0.25, 0.3) is 0 Å². The summed E-state index contributed by atoms with van der Waals surface area (Å²) in [5.74, 6) is -0.0325. The summed E-state index contributed by atoms with van der Waals surface area (Å²) in [5.41, 5.74) is 2.69. The molecule has 1 atom stereocenters. The van der Waals surface area contributed by atoms with Crippen LogP contribution in [-0.2, 0) is 4.79 Å². The number of fused-ring (bicyclic) bond motifs is 1. The Morgan fingerprint density at radius 3 is 2.82 bits per heavy atom. The summed E-state index contributed by atoms with van der Waals surface area (Å²) in [6.07, 6.45) is 0. The molecule has 0 aliphatic carbocycles. The molecule has 1 unspecified atom stereocenters. The summed E-state index contributed by atoms with van der Waals surface area (Å²) in [6.45, 7) is 2.92. The number of amides is 1. The zero-order valence-corrected chi connectivity index (χ0v) is 10.9. The second-order valence-corrected chi connectivity index (χ2v) is 4.52. The molecule has 1 heterocycles. The van der Waals surface area contributed by atoms with E-state index in [1.54, 1.807) is 7.05 Å². The second kappa shape index (κ2) is 4.55. The standard InChI is InChI=1S/C12H16ClN3O/c1-4-16(3)10-6-9-7(5-8(10)13)11(14-2)12(17)15-9/h5-6,11,14H,4H2,1-3H3,(H,15,17). The lowest BCUT2D eigenvalue weighted by molar-refractivity contribution is -0.117. The van der Waals surface area contributed by atoms with Gasteiger partial charge < -0.3 is 15.5 Å². The highest BCUT2D eigenvalue weighted by Crippen LogP contribution is 2.38. The van der Waals surface area contributed by atoms with Crippen molar-refractivity contribution in [3.63, 3.8) is 0 Å². The van der Waals surface area contributed by atoms with Crippen molar-refractivity contribution >= 4 is 28.9 Å². The molecule has 92 valence electrons. The molecule has 0 radical (unpaired) electrons. The Morgan fingerprint density at radius 2 is 2.24 bits per heavy atom. The number of hydrogen-bond acceptors (Lipinski definition) is 3. The first-order valence-corrected chi connectivity index (χ1v) is 5.99. The molecule has 0 saturated heterocycles. The van der Waals surface area contributed by atoms with E-state index >= 15 is 0 Å². The van der Waals surface area contributed by atoms with Gasteiger partial charge in [0.05, 0.1) is 10.7 Å². The maximum atomic E-state index is 11.7. The third-order valence-electron chi connectivity index (χ3n) is 3.12. The zero-order chi connectivity index (χ0) is 12.6. The normalized spacial score (nSPS) is 17.9. The number of nitrogens with one attached hydrogen (secondary N) is 2. The van der Waals surface area contributed by atoms with Crippen LogP contribution in [0.5, 0.6) is 0 Å². The number of anilines is 2. The summed E-state index contributed by atoms with van der Waals surface area (Å²) in [4.78, 5) is 13.7. The summed E-state index contributed by atoms with van der Waals surface area (Å²) < 4.78 is 0. The third-order valence-corrected chi connectivity index (χ3v) is 3.43. The van der Waals surface area contributed by atoms with E-state index in [0.717, 1.165) is 23.5 Å². The third kappa shape index (κ3) is 1.98. The smallest absolute Gasteiger partial charge is 0.246 e. The summed E-state index contributed by atoms with van der Waals surface area (Å²) in [5, 5.41) is 6.50. The molecule has 0 saturated carbocycles. The van der Waals surface area contributed by atoms with Gasteiger partial charge in [-0.15, -0.1) is 0 Å². The van der Waals surface area contributed by atoms with Crippen molar-refractivity contribution in [2.75, 3.05) is 30.9 Å². The Balaban J connectivity index is 2.47. The first-order valence-electron chi connectivity index (χ1n) is 5.61. The number of benzene rings is 1. The number of rotatable bonds is 3. The molecule has 0 fully saturated rings. The molecule has 17 heavy (non-hydrogen) atoms. The molecule has 5 heteroatoms. The van der Waals surface area contributed by atoms with Crippen molar-refractivity contribution in [1.82, 2.24) is 5.32 Å². The summed E-state index contributed by atoms with van der Waals surface area (Å²) in [6, 6.07) is 3.48. The molecule has 0 spiro atoms. The van der Waals surface area contributed by atoms with E-state index in [2.05, 4.69) is 17.6 Å². The van der Waals surface area contributed by atoms with E-state index in [4.69, 9.17) is 11.6 Å². The quantitative estimate of drug-likeness (QED) is 0.866. The Morgan fingerprint density at radius 1 is 1.53 bits per heavy atom. The van der Waals surface area contributed by atoms with Crippen LogP contribution in [0.25, 0.3) is 0 Å². The van der Waals surface area contributed by atoms with Crippen LogP contribution in [0.2, 0.25) is 5.02 Å². The number of hydrogen-bond donors (Lipinski definition) is 2. The van der Waals surface area contributed by atoms with Crippen LogP contribution in [-0.4, -0.2) is 26.5 Å². The maximum absolute atomic E-state index is 11.7. The van der Waals surface area contributed by atoms with Gasteiger partial charge in [0.15, 0.2) is 0 Å². The molecule has 1 aromatic rings. The van der Waals surface area contributed by atoms with Crippen molar-refractivity contribution in [3.05, 3.63) is 22.7 Å². The van der Waals surface area contributed by atoms with Crippen LogP contribution in [0.1, 0.15) is 18.5 Å². The van der Waals surface area contributed by atoms with Gasteiger partial charge in [-0.1, -0.05) is 11.6 Å². The van der Waals surface area contributed by atoms with Crippen molar-refractivity contribution in [2.45, 2.75) is 13.0 Å². The molecule has 0 aromatic heterocycles. The minimum atomic E-state index is -0.302. The van der Waals surface area contributed by atoms with Crippen molar-refractivity contribution in [2.24, 2.45) is 0 Å². The molecule has 1 amide bonds. The van der Waals surface area contributed by atoms with E-state index in [0.29, 0.717) is 5.02 Å². The predicted molar refractivity (Wildman–Crippen MR) is 70.8 cm³/mol. The Hall–Kier alpha value is -1.26. The monoisotopic (exact) mass is 253 g/mol. The largest absolute Gasteiger partial charge is 0.374 e. The van der Waals surface area contributed by atoms with Gasteiger partial charge in [0, 0.05) is 24.8 Å². The molecular weight excluding hydrogens is 238 g/mol. The Bertz CT molecular complexity index is 461. The zero-order valence-electron chi connectivity index (χ0n) is 10.2. The second-order valence-electron chi connectivity index (χ2n) is 4.12. The van der Waals surface area contributed by atoms with E-state index in [9.17, 15) is 4.79 Å². The lowest BCUT2D eigenvalue weighted by Gasteiger charge is -2.19. The highest BCUT2D eigenvalue weighted by atomic mass is 35.5. The van der Waals surface area contributed by atoms with Gasteiger partial charge in [0.2, 0.25) is 5.91 Å². The van der Waals surface area contributed by atoms with Gasteiger partial charge in [-0.2, -0.15) is 0 Å². The number of nitrogens with zero attached hydrogens (tertiary/aromatic N) is 1. The fraction of sp³-hybridized carbons (Fsp3) is 0.417. The average molecular weight is 254 g/mol. The lowest BCUT2D eigenvalue weighted by Crippen LogP contribution is -2.23. The lowest BCUT2D eigenvalue weighted by atomic mass is 10.1. The molecular formula is C12H16ClN3O. The minimum absolute atomic E-state index is 0.0325. The van der Waals surface area contributed by atoms with Crippen LogP contribution >= 0.6 is 11.6 Å². The van der Waals surface area contributed by atoms with Crippen LogP contribution < -0.4 is 15.5 Å². The molecule has 0 bridgehead atoms. The van der Waals surface area contributed by atoms with Crippen molar-refractivity contribution < 1.29 is 4.79 Å². The molecule has 2 rings (SSSR count). The highest BCUT2D eigenvalue weighted by molar-refractivity contribution is 6.33. The summed E-state index contributed by atoms with van der Waals surface area (Å²) in [7, 11) is 3.74. The maximum Gasteiger partial charge on any atom is 0.246 e. The predicted octanol–water partition coefficient (Wildman–Crippen LogP) is 2.01. The van der Waals surface area contributed by atoms with Crippen LogP contribution in [0, 0.1) is 0 Å². The number of carbonyl (C=O) groups excluding carboxylic acids is 1. The average Bonchev–Trinajstić information content (AvgIpc) is 2.61. The first-order chi connectivity index (χ1) is 8.08. The van der Waals surface area contributed by atoms with Crippen LogP contribution in [0.15, 0.2) is 12.1 Å². The molecule has 1 aliphatic rings. The molecule has 1 aromatic carbocycles. The van der Waals surface area contributed by atoms with Crippen LogP contribution in [0.3, 0.4) is 0 Å². The van der Waals surface area contributed by atoms with Gasteiger partial charge in [-0.25, -0.2) is 0 Å². The van der Waals surface area contributed by atoms with E-state index in [-0.39, 0.29) is 11.9 Å². The van der Waals surface area contributed by atoms with E-state index < -0.39 is 0 Å². The van der Waals surface area contributed by atoms with Gasteiger partial charge in [-0.05, 0) is 26.1 Å². The fourth-order valence-electron chi connectivity index (χ4n) is 2.02. The number of carbonyl (C=O) groups is 1. The van der Waals surface area contributed by atoms with Crippen molar-refractivity contribution in [1.29, 1.82) is 0 Å². The SMILES string of the molecule is CCN(C)c1cc2c(cc1Cl)C(NC)C(=O)N2. The van der Waals surface area contributed by atoms with E-state index in [1.165, 1.54) is 0 Å². The number of halogens is 1. The Labute approximate surface area is 106 Å². The minimum Gasteiger partial charge on any atom is -0.374 e. The molecule has 4 nitrogen and oxygen atoms in total. The first kappa shape index (κ1) is 12.2. The van der Waals surface area contributed by atoms with Crippen LogP contribution in [0.4, 0.5) is 11.4 Å². The van der Waals surface area contributed by atoms with Gasteiger partial charge in [0.1, 0.15) is 6.04 Å². The number of likely N-dealkylation sites (N-methyl/N-ethyl adjacent to an activating group) is 1. The Kier molecular flexibility index (Phi) is 3.26. The molecule has 2 N–H and O–H groups in total. The fourth-order valence-corrected chi connectivity index (χ4v) is 2.34. The topological polar surface area (TPSA) is 44.4 Å². The molecule has 1 aliphatic heterocycles. The van der Waals surface area contributed by atoms with Gasteiger partial charge >= 0.3 is 0 Å². The van der Waals surface area contributed by atoms with E-state index in [1.807, 2.05) is 24.1 Å². The highest BCUT2D eigenvalue weighted by Gasteiger charge is 2.30. The van der Waals surface area contributed by atoms with Crippen molar-refractivity contribution in [3.8, 4) is 0 Å². The summed E-state index contributed by atoms with van der Waals surface area (Å²) >= 11 is 6.24. The van der Waals surface area contributed by atoms with Gasteiger partial charge in [-0.3, -0.25) is 4.79 Å².